The average Bonchev–Trinajstić information content (AvgIpc) is 2.03. The average molecular weight is 205 g/mol. The molecule has 0 aliphatic carbocycles. The highest BCUT2D eigenvalue weighted by molar-refractivity contribution is 4.85. The molecule has 5 heteroatoms. The highest BCUT2D eigenvalue weighted by Gasteiger charge is 2.28. The van der Waals surface area contributed by atoms with Crippen LogP contribution in [0.15, 0.2) is 0 Å². The second-order valence-corrected chi connectivity index (χ2v) is 4.04. The summed E-state index contributed by atoms with van der Waals surface area (Å²) in [6, 6.07) is 0. The molecule has 1 unspecified atom stereocenters. The van der Waals surface area contributed by atoms with Crippen molar-refractivity contribution in [3.05, 3.63) is 0 Å². The monoisotopic (exact) mass is 205 g/mol. The normalized spacial score (nSPS) is 16.3. The second-order valence-electron chi connectivity index (χ2n) is 4.04. The minimum Gasteiger partial charge on any atom is -0.368 e. The highest BCUT2D eigenvalue weighted by Crippen LogP contribution is 2.16. The summed E-state index contributed by atoms with van der Waals surface area (Å²) < 4.78 is 0. The Balaban J connectivity index is 4.10. The van der Waals surface area contributed by atoms with Crippen LogP contribution in [0.5, 0.6) is 0 Å². The van der Waals surface area contributed by atoms with Crippen molar-refractivity contribution in [3.8, 4) is 0 Å². The molecule has 0 aliphatic rings. The maximum atomic E-state index is 8.97. The molecule has 14 heavy (non-hydrogen) atoms. The summed E-state index contributed by atoms with van der Waals surface area (Å²) in [5.41, 5.74) is 5.10. The first kappa shape index (κ1) is 13.8. The predicted octanol–water partition coefficient (Wildman–Crippen LogP) is -1.44. The van der Waals surface area contributed by atoms with Gasteiger partial charge in [0.1, 0.15) is 0 Å². The van der Waals surface area contributed by atoms with Crippen molar-refractivity contribution in [2.75, 3.05) is 33.7 Å². The van der Waals surface area contributed by atoms with E-state index in [-0.39, 0.29) is 5.54 Å². The van der Waals surface area contributed by atoms with Gasteiger partial charge < -0.3 is 26.2 Å². The zero-order valence-corrected chi connectivity index (χ0v) is 9.32. The van der Waals surface area contributed by atoms with E-state index in [1.165, 1.54) is 0 Å². The number of nitrogens with two attached hydrogens (primary N) is 1. The molecule has 86 valence electrons. The number of hydrogen-bond donors (Lipinski definition) is 4. The van der Waals surface area contributed by atoms with Crippen molar-refractivity contribution < 1.29 is 10.2 Å². The number of nitrogens with zero attached hydrogens (tertiary/aromatic N) is 1. The standard InChI is InChI=1S/C9H23N3O2/c1-9(12(2)3,6-8(13)14)7-11-5-4-10/h8,11,13-14H,4-7,10H2,1-3H3. The van der Waals surface area contributed by atoms with E-state index < -0.39 is 6.29 Å². The fourth-order valence-corrected chi connectivity index (χ4v) is 1.27. The van der Waals surface area contributed by atoms with Gasteiger partial charge >= 0.3 is 0 Å². The van der Waals surface area contributed by atoms with Crippen LogP contribution in [0.4, 0.5) is 0 Å². The van der Waals surface area contributed by atoms with Gasteiger partial charge in [-0.15, -0.1) is 0 Å². The fourth-order valence-electron chi connectivity index (χ4n) is 1.27. The molecule has 0 saturated carbocycles. The van der Waals surface area contributed by atoms with E-state index in [0.717, 1.165) is 6.54 Å². The Labute approximate surface area is 85.9 Å². The van der Waals surface area contributed by atoms with Crippen LogP contribution in [0.25, 0.3) is 0 Å². The molecular weight excluding hydrogens is 182 g/mol. The Morgan fingerprint density at radius 2 is 2.00 bits per heavy atom. The Morgan fingerprint density at radius 3 is 2.36 bits per heavy atom. The van der Waals surface area contributed by atoms with Gasteiger partial charge in [0.25, 0.3) is 0 Å². The molecule has 0 aromatic carbocycles. The summed E-state index contributed by atoms with van der Waals surface area (Å²) in [6.07, 6.45) is -0.959. The van der Waals surface area contributed by atoms with E-state index in [9.17, 15) is 0 Å². The van der Waals surface area contributed by atoms with Crippen molar-refractivity contribution in [2.24, 2.45) is 5.73 Å². The quantitative estimate of drug-likeness (QED) is 0.302. The topological polar surface area (TPSA) is 81.8 Å². The summed E-state index contributed by atoms with van der Waals surface area (Å²) >= 11 is 0. The van der Waals surface area contributed by atoms with E-state index in [4.69, 9.17) is 15.9 Å². The molecule has 0 aromatic rings. The van der Waals surface area contributed by atoms with Gasteiger partial charge in [0, 0.05) is 31.6 Å². The van der Waals surface area contributed by atoms with Gasteiger partial charge in [-0.05, 0) is 21.0 Å². The van der Waals surface area contributed by atoms with Crippen molar-refractivity contribution in [1.82, 2.24) is 10.2 Å². The molecule has 0 radical (unpaired) electrons. The Hall–Kier alpha value is -0.200. The number of nitrogens with one attached hydrogen (secondary N) is 1. The molecule has 5 N–H and O–H groups in total. The smallest absolute Gasteiger partial charge is 0.153 e. The predicted molar refractivity (Wildman–Crippen MR) is 56.9 cm³/mol. The Morgan fingerprint density at radius 1 is 1.43 bits per heavy atom. The van der Waals surface area contributed by atoms with Gasteiger partial charge in [-0.25, -0.2) is 0 Å². The SMILES string of the molecule is CN(C)C(C)(CNCCN)CC(O)O. The maximum absolute atomic E-state index is 8.97. The lowest BCUT2D eigenvalue weighted by molar-refractivity contribution is -0.0746. The summed E-state index contributed by atoms with van der Waals surface area (Å²) in [5, 5.41) is 21.1. The van der Waals surface area contributed by atoms with Crippen molar-refractivity contribution in [3.63, 3.8) is 0 Å². The summed E-state index contributed by atoms with van der Waals surface area (Å²) in [6.45, 7) is 4.00. The molecule has 0 bridgehead atoms. The van der Waals surface area contributed by atoms with E-state index in [1.54, 1.807) is 0 Å². The van der Waals surface area contributed by atoms with E-state index >= 15 is 0 Å². The third-order valence-corrected chi connectivity index (χ3v) is 2.53. The number of aliphatic hydroxyl groups excluding tert-OH is 1. The molecule has 0 aliphatic heterocycles. The van der Waals surface area contributed by atoms with Crippen LogP contribution < -0.4 is 11.1 Å². The first-order valence-corrected chi connectivity index (χ1v) is 4.87. The lowest BCUT2D eigenvalue weighted by Crippen LogP contribution is -2.51. The van der Waals surface area contributed by atoms with Crippen LogP contribution >= 0.6 is 0 Å². The molecule has 5 nitrogen and oxygen atoms in total. The lowest BCUT2D eigenvalue weighted by atomic mass is 9.96. The molecule has 0 saturated heterocycles. The molecule has 0 rings (SSSR count). The van der Waals surface area contributed by atoms with Gasteiger partial charge in [-0.2, -0.15) is 0 Å². The largest absolute Gasteiger partial charge is 0.368 e. The summed E-state index contributed by atoms with van der Waals surface area (Å²) in [7, 11) is 3.85. The minimum absolute atomic E-state index is 0.261. The molecule has 0 heterocycles. The van der Waals surface area contributed by atoms with Crippen LogP contribution in [-0.2, 0) is 0 Å². The molecule has 0 spiro atoms. The van der Waals surface area contributed by atoms with Crippen LogP contribution in [0.3, 0.4) is 0 Å². The fraction of sp³-hybridized carbons (Fsp3) is 1.00. The zero-order chi connectivity index (χ0) is 11.2. The van der Waals surface area contributed by atoms with Crippen LogP contribution in [0.1, 0.15) is 13.3 Å². The molecular formula is C9H23N3O2. The van der Waals surface area contributed by atoms with Crippen LogP contribution in [-0.4, -0.2) is 60.7 Å². The number of aliphatic hydroxyl groups is 2. The van der Waals surface area contributed by atoms with E-state index in [2.05, 4.69) is 5.32 Å². The van der Waals surface area contributed by atoms with Gasteiger partial charge in [0.15, 0.2) is 6.29 Å². The Bertz CT molecular complexity index is 153. The summed E-state index contributed by atoms with van der Waals surface area (Å²) in [4.78, 5) is 1.98. The highest BCUT2D eigenvalue weighted by atomic mass is 16.5. The number of rotatable bonds is 7. The van der Waals surface area contributed by atoms with Gasteiger partial charge in [0.05, 0.1) is 0 Å². The van der Waals surface area contributed by atoms with Gasteiger partial charge in [-0.1, -0.05) is 0 Å². The maximum Gasteiger partial charge on any atom is 0.153 e. The third kappa shape index (κ3) is 4.88. The third-order valence-electron chi connectivity index (χ3n) is 2.53. The number of likely N-dealkylation sites (N-methyl/N-ethyl adjacent to an activating group) is 1. The van der Waals surface area contributed by atoms with Gasteiger partial charge in [0.2, 0.25) is 0 Å². The molecule has 0 aromatic heterocycles. The first-order chi connectivity index (χ1) is 6.42. The molecule has 0 amide bonds. The molecule has 0 fully saturated rings. The van der Waals surface area contributed by atoms with E-state index in [0.29, 0.717) is 19.5 Å². The van der Waals surface area contributed by atoms with Crippen LogP contribution in [0, 0.1) is 0 Å². The van der Waals surface area contributed by atoms with Gasteiger partial charge in [-0.3, -0.25) is 0 Å². The second kappa shape index (κ2) is 6.31. The zero-order valence-electron chi connectivity index (χ0n) is 9.32. The van der Waals surface area contributed by atoms with Crippen molar-refractivity contribution >= 4 is 0 Å². The Kier molecular flexibility index (Phi) is 6.22. The van der Waals surface area contributed by atoms with Crippen molar-refractivity contribution in [2.45, 2.75) is 25.2 Å². The lowest BCUT2D eigenvalue weighted by Gasteiger charge is -2.37. The van der Waals surface area contributed by atoms with Crippen LogP contribution in [0.2, 0.25) is 0 Å². The molecule has 1 atom stereocenters. The van der Waals surface area contributed by atoms with Crippen molar-refractivity contribution in [1.29, 1.82) is 0 Å². The summed E-state index contributed by atoms with van der Waals surface area (Å²) in [5.74, 6) is 0. The minimum atomic E-state index is -1.28. The number of hydrogen-bond acceptors (Lipinski definition) is 5. The first-order valence-electron chi connectivity index (χ1n) is 4.87. The van der Waals surface area contributed by atoms with E-state index in [1.807, 2.05) is 25.9 Å².